The zero-order valence-corrected chi connectivity index (χ0v) is 9.88. The SMILES string of the molecule is COCC1(CNC(=O)[C@H](N)C(C)C)CC1. The third-order valence-corrected chi connectivity index (χ3v) is 3.07. The zero-order chi connectivity index (χ0) is 11.5. The summed E-state index contributed by atoms with van der Waals surface area (Å²) in [5.74, 6) is 0.134. The Balaban J connectivity index is 2.28. The van der Waals surface area contributed by atoms with Gasteiger partial charge < -0.3 is 15.8 Å². The van der Waals surface area contributed by atoms with Crippen molar-refractivity contribution < 1.29 is 9.53 Å². The normalized spacial score (nSPS) is 20.1. The predicted molar refractivity (Wildman–Crippen MR) is 59.4 cm³/mol. The first-order valence-electron chi connectivity index (χ1n) is 5.53. The molecule has 1 aliphatic rings. The van der Waals surface area contributed by atoms with Gasteiger partial charge in [-0.3, -0.25) is 4.79 Å². The number of hydrogen-bond donors (Lipinski definition) is 2. The first kappa shape index (κ1) is 12.5. The predicted octanol–water partition coefficient (Wildman–Crippen LogP) is 0.513. The number of amides is 1. The number of methoxy groups -OCH3 is 1. The van der Waals surface area contributed by atoms with Crippen molar-refractivity contribution >= 4 is 5.91 Å². The fraction of sp³-hybridized carbons (Fsp3) is 0.909. The smallest absolute Gasteiger partial charge is 0.237 e. The lowest BCUT2D eigenvalue weighted by molar-refractivity contribution is -0.123. The Bertz CT molecular complexity index is 225. The molecule has 4 heteroatoms. The number of carbonyl (C=O) groups excluding carboxylic acids is 1. The molecule has 0 aliphatic heterocycles. The first-order chi connectivity index (χ1) is 7.01. The molecular formula is C11H22N2O2. The quantitative estimate of drug-likeness (QED) is 0.677. The van der Waals surface area contributed by atoms with E-state index in [1.54, 1.807) is 7.11 Å². The molecule has 1 amide bonds. The molecule has 0 radical (unpaired) electrons. The lowest BCUT2D eigenvalue weighted by Gasteiger charge is -2.19. The molecule has 1 rings (SSSR count). The molecule has 0 aromatic carbocycles. The van der Waals surface area contributed by atoms with Gasteiger partial charge >= 0.3 is 0 Å². The molecule has 0 saturated heterocycles. The molecular weight excluding hydrogens is 192 g/mol. The molecule has 1 atom stereocenters. The van der Waals surface area contributed by atoms with E-state index in [1.165, 1.54) is 0 Å². The van der Waals surface area contributed by atoms with Crippen LogP contribution in [-0.4, -0.2) is 32.2 Å². The molecule has 0 unspecified atom stereocenters. The maximum absolute atomic E-state index is 11.6. The summed E-state index contributed by atoms with van der Waals surface area (Å²) in [7, 11) is 1.70. The molecule has 1 aliphatic carbocycles. The van der Waals surface area contributed by atoms with Crippen LogP contribution < -0.4 is 11.1 Å². The summed E-state index contributed by atoms with van der Waals surface area (Å²) in [6, 6.07) is -0.400. The van der Waals surface area contributed by atoms with Crippen LogP contribution in [0.15, 0.2) is 0 Å². The van der Waals surface area contributed by atoms with E-state index in [-0.39, 0.29) is 17.2 Å². The number of rotatable bonds is 6. The van der Waals surface area contributed by atoms with Crippen LogP contribution in [0.3, 0.4) is 0 Å². The van der Waals surface area contributed by atoms with Crippen LogP contribution in [-0.2, 0) is 9.53 Å². The van der Waals surface area contributed by atoms with E-state index in [9.17, 15) is 4.79 Å². The van der Waals surface area contributed by atoms with Gasteiger partial charge in [0.2, 0.25) is 5.91 Å². The number of carbonyl (C=O) groups is 1. The van der Waals surface area contributed by atoms with Gasteiger partial charge in [-0.15, -0.1) is 0 Å². The molecule has 15 heavy (non-hydrogen) atoms. The number of nitrogens with one attached hydrogen (secondary N) is 1. The summed E-state index contributed by atoms with van der Waals surface area (Å²) < 4.78 is 5.13. The Hall–Kier alpha value is -0.610. The lowest BCUT2D eigenvalue weighted by atomic mass is 10.0. The first-order valence-corrected chi connectivity index (χ1v) is 5.53. The summed E-state index contributed by atoms with van der Waals surface area (Å²) in [5.41, 5.74) is 5.94. The van der Waals surface area contributed by atoms with Crippen molar-refractivity contribution in [3.05, 3.63) is 0 Å². The molecule has 4 nitrogen and oxygen atoms in total. The van der Waals surface area contributed by atoms with Crippen LogP contribution in [0, 0.1) is 11.3 Å². The van der Waals surface area contributed by atoms with E-state index in [2.05, 4.69) is 5.32 Å². The Morgan fingerprint density at radius 1 is 1.53 bits per heavy atom. The van der Waals surface area contributed by atoms with Crippen molar-refractivity contribution in [1.29, 1.82) is 0 Å². The van der Waals surface area contributed by atoms with Crippen molar-refractivity contribution in [3.8, 4) is 0 Å². The molecule has 88 valence electrons. The number of ether oxygens (including phenoxy) is 1. The fourth-order valence-electron chi connectivity index (χ4n) is 1.55. The van der Waals surface area contributed by atoms with Crippen LogP contribution in [0.25, 0.3) is 0 Å². The van der Waals surface area contributed by atoms with Crippen molar-refractivity contribution in [2.45, 2.75) is 32.7 Å². The van der Waals surface area contributed by atoms with Crippen molar-refractivity contribution in [2.75, 3.05) is 20.3 Å². The van der Waals surface area contributed by atoms with Crippen LogP contribution in [0.4, 0.5) is 0 Å². The number of hydrogen-bond acceptors (Lipinski definition) is 3. The monoisotopic (exact) mass is 214 g/mol. The fourth-order valence-corrected chi connectivity index (χ4v) is 1.55. The van der Waals surface area contributed by atoms with Crippen LogP contribution in [0.5, 0.6) is 0 Å². The van der Waals surface area contributed by atoms with Crippen LogP contribution >= 0.6 is 0 Å². The van der Waals surface area contributed by atoms with E-state index in [1.807, 2.05) is 13.8 Å². The van der Waals surface area contributed by atoms with Crippen molar-refractivity contribution in [3.63, 3.8) is 0 Å². The van der Waals surface area contributed by atoms with E-state index in [4.69, 9.17) is 10.5 Å². The Morgan fingerprint density at radius 2 is 2.13 bits per heavy atom. The molecule has 0 heterocycles. The molecule has 1 fully saturated rings. The third kappa shape index (κ3) is 3.47. The summed E-state index contributed by atoms with van der Waals surface area (Å²) in [5, 5.41) is 2.91. The second kappa shape index (κ2) is 4.94. The van der Waals surface area contributed by atoms with Gasteiger partial charge in [0.1, 0.15) is 0 Å². The Kier molecular flexibility index (Phi) is 4.11. The highest BCUT2D eigenvalue weighted by molar-refractivity contribution is 5.81. The van der Waals surface area contributed by atoms with Gasteiger partial charge in [-0.1, -0.05) is 13.8 Å². The van der Waals surface area contributed by atoms with Gasteiger partial charge in [0, 0.05) is 19.1 Å². The van der Waals surface area contributed by atoms with Crippen molar-refractivity contribution in [2.24, 2.45) is 17.1 Å². The Labute approximate surface area is 91.5 Å². The second-order valence-electron chi connectivity index (χ2n) is 4.92. The van der Waals surface area contributed by atoms with Gasteiger partial charge in [-0.25, -0.2) is 0 Å². The zero-order valence-electron chi connectivity index (χ0n) is 9.88. The average molecular weight is 214 g/mol. The highest BCUT2D eigenvalue weighted by atomic mass is 16.5. The number of nitrogens with two attached hydrogens (primary N) is 1. The van der Waals surface area contributed by atoms with Gasteiger partial charge in [-0.2, -0.15) is 0 Å². The maximum atomic E-state index is 11.6. The highest BCUT2D eigenvalue weighted by Crippen LogP contribution is 2.44. The maximum Gasteiger partial charge on any atom is 0.237 e. The van der Waals surface area contributed by atoms with Gasteiger partial charge in [0.25, 0.3) is 0 Å². The molecule has 1 saturated carbocycles. The summed E-state index contributed by atoms with van der Waals surface area (Å²) in [6.45, 7) is 5.32. The summed E-state index contributed by atoms with van der Waals surface area (Å²) in [4.78, 5) is 11.6. The van der Waals surface area contributed by atoms with Crippen LogP contribution in [0.1, 0.15) is 26.7 Å². The summed E-state index contributed by atoms with van der Waals surface area (Å²) in [6.07, 6.45) is 2.27. The second-order valence-corrected chi connectivity index (χ2v) is 4.92. The Morgan fingerprint density at radius 3 is 2.53 bits per heavy atom. The standard InChI is InChI=1S/C11H22N2O2/c1-8(2)9(12)10(14)13-6-11(4-5-11)7-15-3/h8-9H,4-7,12H2,1-3H3,(H,13,14)/t9-/m1/s1. The highest BCUT2D eigenvalue weighted by Gasteiger charge is 2.42. The third-order valence-electron chi connectivity index (χ3n) is 3.07. The van der Waals surface area contributed by atoms with E-state index in [0.717, 1.165) is 19.4 Å². The molecule has 0 spiro atoms. The van der Waals surface area contributed by atoms with Gasteiger partial charge in [0.15, 0.2) is 0 Å². The van der Waals surface area contributed by atoms with E-state index in [0.29, 0.717) is 6.54 Å². The van der Waals surface area contributed by atoms with E-state index < -0.39 is 6.04 Å². The summed E-state index contributed by atoms with van der Waals surface area (Å²) >= 11 is 0. The van der Waals surface area contributed by atoms with Crippen molar-refractivity contribution in [1.82, 2.24) is 5.32 Å². The molecule has 3 N–H and O–H groups in total. The van der Waals surface area contributed by atoms with E-state index >= 15 is 0 Å². The van der Waals surface area contributed by atoms with Gasteiger partial charge in [0.05, 0.1) is 12.6 Å². The van der Waals surface area contributed by atoms with Gasteiger partial charge in [-0.05, 0) is 18.8 Å². The van der Waals surface area contributed by atoms with Crippen LogP contribution in [0.2, 0.25) is 0 Å². The minimum atomic E-state index is -0.400. The average Bonchev–Trinajstić information content (AvgIpc) is 2.94. The topological polar surface area (TPSA) is 64.3 Å². The molecule has 0 aromatic rings. The minimum Gasteiger partial charge on any atom is -0.384 e. The molecule has 0 bridgehead atoms. The lowest BCUT2D eigenvalue weighted by Crippen LogP contribution is -2.46. The minimum absolute atomic E-state index is 0.0487. The molecule has 0 aromatic heterocycles. The largest absolute Gasteiger partial charge is 0.384 e.